The van der Waals surface area contributed by atoms with Crippen molar-refractivity contribution in [2.45, 2.75) is 31.7 Å². The Labute approximate surface area is 89.7 Å². The maximum absolute atomic E-state index is 12.7. The summed E-state index contributed by atoms with van der Waals surface area (Å²) in [5.74, 6) is 1.60. The van der Waals surface area contributed by atoms with Crippen LogP contribution in [0.15, 0.2) is 24.3 Å². The molecule has 1 nitrogen and oxygen atoms in total. The SMILES string of the molecule is Fc1ccc(NC(C2CC2)C2CC2)cc1. The smallest absolute Gasteiger partial charge is 0.123 e. The minimum Gasteiger partial charge on any atom is -0.382 e. The summed E-state index contributed by atoms with van der Waals surface area (Å²) >= 11 is 0. The zero-order chi connectivity index (χ0) is 10.3. The normalized spacial score (nSPS) is 20.7. The molecule has 2 aliphatic rings. The molecule has 0 heterocycles. The summed E-state index contributed by atoms with van der Waals surface area (Å²) in [6.45, 7) is 0. The van der Waals surface area contributed by atoms with Gasteiger partial charge in [-0.25, -0.2) is 4.39 Å². The summed E-state index contributed by atoms with van der Waals surface area (Å²) in [4.78, 5) is 0. The fourth-order valence-electron chi connectivity index (χ4n) is 2.27. The van der Waals surface area contributed by atoms with E-state index < -0.39 is 0 Å². The summed E-state index contributed by atoms with van der Waals surface area (Å²) in [5.41, 5.74) is 1.07. The van der Waals surface area contributed by atoms with Gasteiger partial charge in [0.25, 0.3) is 0 Å². The minimum absolute atomic E-state index is 0.157. The van der Waals surface area contributed by atoms with E-state index in [1.54, 1.807) is 0 Å². The lowest BCUT2D eigenvalue weighted by molar-refractivity contribution is 0.567. The average Bonchev–Trinajstić information content (AvgIpc) is 3.11. The van der Waals surface area contributed by atoms with E-state index in [0.29, 0.717) is 6.04 Å². The van der Waals surface area contributed by atoms with E-state index in [2.05, 4.69) is 5.32 Å². The van der Waals surface area contributed by atoms with Gasteiger partial charge in [0.1, 0.15) is 5.82 Å². The van der Waals surface area contributed by atoms with Gasteiger partial charge in [0.05, 0.1) is 0 Å². The maximum Gasteiger partial charge on any atom is 0.123 e. The monoisotopic (exact) mass is 205 g/mol. The minimum atomic E-state index is -0.157. The van der Waals surface area contributed by atoms with E-state index in [4.69, 9.17) is 0 Å². The van der Waals surface area contributed by atoms with Gasteiger partial charge in [0.15, 0.2) is 0 Å². The van der Waals surface area contributed by atoms with Gasteiger partial charge in [0, 0.05) is 11.7 Å². The van der Waals surface area contributed by atoms with Gasteiger partial charge in [-0.05, 0) is 61.8 Å². The molecule has 0 spiro atoms. The third kappa shape index (κ3) is 2.14. The number of rotatable bonds is 4. The molecule has 0 atom stereocenters. The third-order valence-corrected chi connectivity index (χ3v) is 3.44. The highest BCUT2D eigenvalue weighted by atomic mass is 19.1. The summed E-state index contributed by atoms with van der Waals surface area (Å²) in [7, 11) is 0. The molecule has 0 aliphatic heterocycles. The predicted molar refractivity (Wildman–Crippen MR) is 59.3 cm³/mol. The van der Waals surface area contributed by atoms with Crippen LogP contribution in [0.5, 0.6) is 0 Å². The molecular formula is C13H16FN. The van der Waals surface area contributed by atoms with Gasteiger partial charge in [-0.15, -0.1) is 0 Å². The Hall–Kier alpha value is -1.05. The molecule has 0 unspecified atom stereocenters. The second kappa shape index (κ2) is 3.51. The van der Waals surface area contributed by atoms with Crippen molar-refractivity contribution in [3.05, 3.63) is 30.1 Å². The van der Waals surface area contributed by atoms with E-state index in [-0.39, 0.29) is 5.82 Å². The van der Waals surface area contributed by atoms with Crippen molar-refractivity contribution in [1.82, 2.24) is 0 Å². The number of hydrogen-bond donors (Lipinski definition) is 1. The second-order valence-electron chi connectivity index (χ2n) is 4.85. The molecule has 1 aromatic rings. The van der Waals surface area contributed by atoms with Crippen molar-refractivity contribution in [3.63, 3.8) is 0 Å². The topological polar surface area (TPSA) is 12.0 Å². The van der Waals surface area contributed by atoms with E-state index in [1.165, 1.54) is 37.8 Å². The first kappa shape index (κ1) is 9.20. The van der Waals surface area contributed by atoms with Crippen LogP contribution in [-0.4, -0.2) is 6.04 Å². The average molecular weight is 205 g/mol. The summed E-state index contributed by atoms with van der Waals surface area (Å²) in [5, 5.41) is 3.56. The number of halogens is 1. The van der Waals surface area contributed by atoms with Gasteiger partial charge in [-0.3, -0.25) is 0 Å². The number of hydrogen-bond acceptors (Lipinski definition) is 1. The van der Waals surface area contributed by atoms with Crippen LogP contribution in [0.1, 0.15) is 25.7 Å². The van der Waals surface area contributed by atoms with Crippen LogP contribution in [0, 0.1) is 17.7 Å². The summed E-state index contributed by atoms with van der Waals surface area (Å²) in [6, 6.07) is 7.38. The Kier molecular flexibility index (Phi) is 2.15. The Bertz CT molecular complexity index is 326. The molecule has 3 rings (SSSR count). The van der Waals surface area contributed by atoms with Crippen LogP contribution in [-0.2, 0) is 0 Å². The zero-order valence-corrected chi connectivity index (χ0v) is 8.75. The molecule has 0 saturated heterocycles. The van der Waals surface area contributed by atoms with Crippen molar-refractivity contribution in [3.8, 4) is 0 Å². The van der Waals surface area contributed by atoms with Gasteiger partial charge >= 0.3 is 0 Å². The number of benzene rings is 1. The van der Waals surface area contributed by atoms with Crippen molar-refractivity contribution in [2.75, 3.05) is 5.32 Å². The van der Waals surface area contributed by atoms with Crippen molar-refractivity contribution >= 4 is 5.69 Å². The Morgan fingerprint density at radius 3 is 2.00 bits per heavy atom. The van der Waals surface area contributed by atoms with Crippen molar-refractivity contribution in [2.24, 2.45) is 11.8 Å². The quantitative estimate of drug-likeness (QED) is 0.794. The van der Waals surface area contributed by atoms with Gasteiger partial charge in [0.2, 0.25) is 0 Å². The molecule has 0 bridgehead atoms. The molecule has 0 aromatic heterocycles. The van der Waals surface area contributed by atoms with Crippen LogP contribution in [0.25, 0.3) is 0 Å². The number of anilines is 1. The van der Waals surface area contributed by atoms with E-state index in [9.17, 15) is 4.39 Å². The fourth-order valence-corrected chi connectivity index (χ4v) is 2.27. The third-order valence-electron chi connectivity index (χ3n) is 3.44. The van der Waals surface area contributed by atoms with Gasteiger partial charge in [-0.1, -0.05) is 0 Å². The maximum atomic E-state index is 12.7. The van der Waals surface area contributed by atoms with E-state index in [0.717, 1.165) is 17.5 Å². The van der Waals surface area contributed by atoms with Gasteiger partial charge < -0.3 is 5.32 Å². The lowest BCUT2D eigenvalue weighted by Gasteiger charge is -2.18. The molecule has 1 aromatic carbocycles. The highest BCUT2D eigenvalue weighted by molar-refractivity contribution is 5.44. The molecule has 2 saturated carbocycles. The highest BCUT2D eigenvalue weighted by Crippen LogP contribution is 2.45. The largest absolute Gasteiger partial charge is 0.382 e. The zero-order valence-electron chi connectivity index (χ0n) is 8.75. The molecule has 0 amide bonds. The second-order valence-corrected chi connectivity index (χ2v) is 4.85. The van der Waals surface area contributed by atoms with E-state index in [1.807, 2.05) is 12.1 Å². The Morgan fingerprint density at radius 2 is 1.53 bits per heavy atom. The first-order valence-corrected chi connectivity index (χ1v) is 5.85. The van der Waals surface area contributed by atoms with Crippen LogP contribution < -0.4 is 5.32 Å². The first-order chi connectivity index (χ1) is 7.33. The molecule has 2 heteroatoms. The summed E-state index contributed by atoms with van der Waals surface area (Å²) < 4.78 is 12.7. The van der Waals surface area contributed by atoms with Crippen molar-refractivity contribution < 1.29 is 4.39 Å². The molecular weight excluding hydrogens is 189 g/mol. The Balaban J connectivity index is 1.69. The van der Waals surface area contributed by atoms with Crippen LogP contribution in [0.4, 0.5) is 10.1 Å². The van der Waals surface area contributed by atoms with E-state index >= 15 is 0 Å². The molecule has 0 radical (unpaired) electrons. The Morgan fingerprint density at radius 1 is 1.00 bits per heavy atom. The fraction of sp³-hybridized carbons (Fsp3) is 0.538. The van der Waals surface area contributed by atoms with Crippen LogP contribution in [0.2, 0.25) is 0 Å². The molecule has 2 fully saturated rings. The highest BCUT2D eigenvalue weighted by Gasteiger charge is 2.41. The first-order valence-electron chi connectivity index (χ1n) is 5.85. The lowest BCUT2D eigenvalue weighted by Crippen LogP contribution is -2.24. The standard InChI is InChI=1S/C13H16FN/c14-11-5-7-12(8-6-11)15-13(9-1-2-9)10-3-4-10/h5-10,13,15H,1-4H2. The lowest BCUT2D eigenvalue weighted by atomic mass is 10.1. The van der Waals surface area contributed by atoms with Crippen LogP contribution >= 0.6 is 0 Å². The molecule has 80 valence electrons. The molecule has 1 N–H and O–H groups in total. The number of nitrogens with one attached hydrogen (secondary N) is 1. The summed E-state index contributed by atoms with van der Waals surface area (Å²) in [6.07, 6.45) is 5.48. The molecule has 15 heavy (non-hydrogen) atoms. The van der Waals surface area contributed by atoms with Crippen LogP contribution in [0.3, 0.4) is 0 Å². The van der Waals surface area contributed by atoms with Crippen molar-refractivity contribution in [1.29, 1.82) is 0 Å². The van der Waals surface area contributed by atoms with Gasteiger partial charge in [-0.2, -0.15) is 0 Å². The predicted octanol–water partition coefficient (Wildman–Crippen LogP) is 3.43. The molecule has 2 aliphatic carbocycles.